The largest absolute Gasteiger partial charge is 0.507 e. The molecule has 1 amide bonds. The lowest BCUT2D eigenvalue weighted by Crippen LogP contribution is -2.28. The number of rotatable bonds is 3. The van der Waals surface area contributed by atoms with Crippen molar-refractivity contribution in [2.45, 2.75) is 12.8 Å². The van der Waals surface area contributed by atoms with Gasteiger partial charge in [0, 0.05) is 25.0 Å². The minimum absolute atomic E-state index is 0.155. The summed E-state index contributed by atoms with van der Waals surface area (Å²) in [5.41, 5.74) is 0.155. The SMILES string of the molecule is O=C(c1ccc(F)cc1O)N1CCC(CCCl)C1. The number of halogens is 2. The van der Waals surface area contributed by atoms with Crippen molar-refractivity contribution in [2.75, 3.05) is 19.0 Å². The highest BCUT2D eigenvalue weighted by molar-refractivity contribution is 6.17. The lowest BCUT2D eigenvalue weighted by molar-refractivity contribution is 0.0784. The van der Waals surface area contributed by atoms with Crippen molar-refractivity contribution in [3.05, 3.63) is 29.6 Å². The van der Waals surface area contributed by atoms with Crippen molar-refractivity contribution in [1.29, 1.82) is 0 Å². The van der Waals surface area contributed by atoms with E-state index < -0.39 is 5.82 Å². The maximum Gasteiger partial charge on any atom is 0.257 e. The Morgan fingerprint density at radius 2 is 2.33 bits per heavy atom. The number of aromatic hydroxyl groups is 1. The molecular weight excluding hydrogens is 257 g/mol. The minimum atomic E-state index is -0.550. The average molecular weight is 272 g/mol. The van der Waals surface area contributed by atoms with Crippen LogP contribution in [0.4, 0.5) is 4.39 Å². The summed E-state index contributed by atoms with van der Waals surface area (Å²) in [6, 6.07) is 3.46. The van der Waals surface area contributed by atoms with Gasteiger partial charge in [0.15, 0.2) is 0 Å². The van der Waals surface area contributed by atoms with E-state index in [-0.39, 0.29) is 17.2 Å². The summed E-state index contributed by atoms with van der Waals surface area (Å²) in [5, 5.41) is 9.58. The van der Waals surface area contributed by atoms with E-state index in [4.69, 9.17) is 11.6 Å². The Labute approximate surface area is 110 Å². The Hall–Kier alpha value is -1.29. The van der Waals surface area contributed by atoms with Crippen LogP contribution in [0.1, 0.15) is 23.2 Å². The highest BCUT2D eigenvalue weighted by Crippen LogP contribution is 2.25. The molecule has 1 atom stereocenters. The Balaban J connectivity index is 2.08. The van der Waals surface area contributed by atoms with Crippen LogP contribution < -0.4 is 0 Å². The standard InChI is InChI=1S/C13H15ClFNO2/c14-5-3-9-4-6-16(8-9)13(18)11-2-1-10(15)7-12(11)17/h1-2,7,9,17H,3-6,8H2. The third kappa shape index (κ3) is 2.75. The highest BCUT2D eigenvalue weighted by atomic mass is 35.5. The molecule has 1 aliphatic rings. The molecule has 2 rings (SSSR count). The van der Waals surface area contributed by atoms with Gasteiger partial charge in [-0.3, -0.25) is 4.79 Å². The third-order valence-electron chi connectivity index (χ3n) is 3.28. The number of benzene rings is 1. The summed E-state index contributed by atoms with van der Waals surface area (Å²) in [7, 11) is 0. The van der Waals surface area contributed by atoms with E-state index in [2.05, 4.69) is 0 Å². The predicted octanol–water partition coefficient (Wildman–Crippen LogP) is 2.62. The number of phenols is 1. The summed E-state index contributed by atoms with van der Waals surface area (Å²) < 4.78 is 12.9. The molecule has 0 spiro atoms. The maximum atomic E-state index is 12.9. The van der Waals surface area contributed by atoms with E-state index >= 15 is 0 Å². The minimum Gasteiger partial charge on any atom is -0.507 e. The van der Waals surface area contributed by atoms with Gasteiger partial charge in [0.25, 0.3) is 5.91 Å². The molecule has 1 heterocycles. The first-order valence-electron chi connectivity index (χ1n) is 5.95. The molecule has 1 N–H and O–H groups in total. The van der Waals surface area contributed by atoms with Gasteiger partial charge in [0.05, 0.1) is 5.56 Å². The second-order valence-electron chi connectivity index (χ2n) is 4.54. The van der Waals surface area contributed by atoms with Crippen molar-refractivity contribution in [1.82, 2.24) is 4.90 Å². The zero-order valence-electron chi connectivity index (χ0n) is 9.90. The molecule has 18 heavy (non-hydrogen) atoms. The number of carbonyl (C=O) groups excluding carboxylic acids is 1. The second kappa shape index (κ2) is 5.57. The molecule has 1 fully saturated rings. The fraction of sp³-hybridized carbons (Fsp3) is 0.462. The number of alkyl halides is 1. The first-order chi connectivity index (χ1) is 8.61. The molecular formula is C13H15ClFNO2. The number of amides is 1. The number of nitrogens with zero attached hydrogens (tertiary/aromatic N) is 1. The summed E-state index contributed by atoms with van der Waals surface area (Å²) in [6.07, 6.45) is 1.82. The number of likely N-dealkylation sites (tertiary alicyclic amines) is 1. The van der Waals surface area contributed by atoms with Gasteiger partial charge >= 0.3 is 0 Å². The molecule has 0 aliphatic carbocycles. The molecule has 1 aromatic rings. The van der Waals surface area contributed by atoms with Crippen LogP contribution in [0.5, 0.6) is 5.75 Å². The zero-order chi connectivity index (χ0) is 13.1. The topological polar surface area (TPSA) is 40.5 Å². The van der Waals surface area contributed by atoms with Gasteiger partial charge in [0.2, 0.25) is 0 Å². The summed E-state index contributed by atoms with van der Waals surface area (Å²) in [6.45, 7) is 1.32. The normalized spacial score (nSPS) is 19.2. The molecule has 0 aromatic heterocycles. The van der Waals surface area contributed by atoms with Gasteiger partial charge in [-0.1, -0.05) is 0 Å². The Kier molecular flexibility index (Phi) is 4.07. The van der Waals surface area contributed by atoms with Gasteiger partial charge in [-0.05, 0) is 30.9 Å². The number of hydrogen-bond acceptors (Lipinski definition) is 2. The van der Waals surface area contributed by atoms with Crippen LogP contribution in [0.2, 0.25) is 0 Å². The van der Waals surface area contributed by atoms with Gasteiger partial charge in [-0.25, -0.2) is 4.39 Å². The van der Waals surface area contributed by atoms with Crippen LogP contribution in [-0.4, -0.2) is 34.9 Å². The molecule has 3 nitrogen and oxygen atoms in total. The van der Waals surface area contributed by atoms with E-state index in [1.165, 1.54) is 12.1 Å². The Bertz CT molecular complexity index is 453. The number of hydrogen-bond donors (Lipinski definition) is 1. The molecule has 1 saturated heterocycles. The highest BCUT2D eigenvalue weighted by Gasteiger charge is 2.27. The Morgan fingerprint density at radius 1 is 1.56 bits per heavy atom. The molecule has 0 bridgehead atoms. The third-order valence-corrected chi connectivity index (χ3v) is 3.50. The van der Waals surface area contributed by atoms with Crippen molar-refractivity contribution in [3.63, 3.8) is 0 Å². The zero-order valence-corrected chi connectivity index (χ0v) is 10.7. The quantitative estimate of drug-likeness (QED) is 0.859. The second-order valence-corrected chi connectivity index (χ2v) is 4.92. The summed E-state index contributed by atoms with van der Waals surface area (Å²) in [4.78, 5) is 13.8. The number of phenolic OH excluding ortho intramolecular Hbond substituents is 1. The number of carbonyl (C=O) groups is 1. The van der Waals surface area contributed by atoms with Crippen LogP contribution in [0, 0.1) is 11.7 Å². The van der Waals surface area contributed by atoms with E-state index in [0.717, 1.165) is 18.9 Å². The smallest absolute Gasteiger partial charge is 0.257 e. The van der Waals surface area contributed by atoms with Gasteiger partial charge in [-0.15, -0.1) is 11.6 Å². The first-order valence-corrected chi connectivity index (χ1v) is 6.49. The van der Waals surface area contributed by atoms with Gasteiger partial charge in [0.1, 0.15) is 11.6 Å². The first kappa shape index (κ1) is 13.1. The molecule has 1 unspecified atom stereocenters. The van der Waals surface area contributed by atoms with Crippen LogP contribution in [0.3, 0.4) is 0 Å². The van der Waals surface area contributed by atoms with Crippen LogP contribution in [0.25, 0.3) is 0 Å². The predicted molar refractivity (Wildman–Crippen MR) is 67.4 cm³/mol. The van der Waals surface area contributed by atoms with E-state index in [1.807, 2.05) is 0 Å². The fourth-order valence-electron chi connectivity index (χ4n) is 2.26. The summed E-state index contributed by atoms with van der Waals surface area (Å²) in [5.74, 6) is -0.0843. The summed E-state index contributed by atoms with van der Waals surface area (Å²) >= 11 is 5.68. The van der Waals surface area contributed by atoms with Crippen molar-refractivity contribution >= 4 is 17.5 Å². The van der Waals surface area contributed by atoms with E-state index in [1.54, 1.807) is 4.90 Å². The molecule has 1 aliphatic heterocycles. The molecule has 5 heteroatoms. The lowest BCUT2D eigenvalue weighted by atomic mass is 10.1. The monoisotopic (exact) mass is 271 g/mol. The van der Waals surface area contributed by atoms with Crippen molar-refractivity contribution in [2.24, 2.45) is 5.92 Å². The molecule has 0 saturated carbocycles. The Morgan fingerprint density at radius 3 is 3.00 bits per heavy atom. The van der Waals surface area contributed by atoms with Crippen molar-refractivity contribution in [3.8, 4) is 5.75 Å². The van der Waals surface area contributed by atoms with Crippen LogP contribution in [0.15, 0.2) is 18.2 Å². The van der Waals surface area contributed by atoms with E-state index in [0.29, 0.717) is 24.9 Å². The lowest BCUT2D eigenvalue weighted by Gasteiger charge is -2.17. The van der Waals surface area contributed by atoms with Crippen LogP contribution in [-0.2, 0) is 0 Å². The fourth-order valence-corrected chi connectivity index (χ4v) is 2.57. The molecule has 0 radical (unpaired) electrons. The van der Waals surface area contributed by atoms with E-state index in [9.17, 15) is 14.3 Å². The molecule has 1 aromatic carbocycles. The van der Waals surface area contributed by atoms with Crippen molar-refractivity contribution < 1.29 is 14.3 Å². The average Bonchev–Trinajstić information content (AvgIpc) is 2.77. The maximum absolute atomic E-state index is 12.9. The van der Waals surface area contributed by atoms with Gasteiger partial charge in [-0.2, -0.15) is 0 Å². The van der Waals surface area contributed by atoms with Gasteiger partial charge < -0.3 is 10.0 Å². The molecule has 98 valence electrons. The van der Waals surface area contributed by atoms with Crippen LogP contribution >= 0.6 is 11.6 Å².